The third-order valence-electron chi connectivity index (χ3n) is 3.28. The van der Waals surface area contributed by atoms with Crippen LogP contribution in [0.2, 0.25) is 0 Å². The van der Waals surface area contributed by atoms with E-state index < -0.39 is 11.6 Å². The quantitative estimate of drug-likeness (QED) is 0.857. The van der Waals surface area contributed by atoms with Crippen LogP contribution in [0.15, 0.2) is 47.3 Å². The molecule has 0 bridgehead atoms. The van der Waals surface area contributed by atoms with Crippen molar-refractivity contribution in [2.45, 2.75) is 19.9 Å². The zero-order valence-electron chi connectivity index (χ0n) is 11.3. The molecular formula is C16H14N2O2. The van der Waals surface area contributed by atoms with Crippen LogP contribution in [0, 0.1) is 11.3 Å². The number of ketones is 1. The van der Waals surface area contributed by atoms with Crippen LogP contribution in [0.25, 0.3) is 11.3 Å². The van der Waals surface area contributed by atoms with Crippen molar-refractivity contribution in [2.75, 3.05) is 0 Å². The largest absolute Gasteiger partial charge is 0.298 e. The van der Waals surface area contributed by atoms with Gasteiger partial charge in [0.05, 0.1) is 11.7 Å². The molecule has 0 saturated heterocycles. The summed E-state index contributed by atoms with van der Waals surface area (Å²) in [7, 11) is 0. The molecule has 1 heterocycles. The van der Waals surface area contributed by atoms with Crippen molar-refractivity contribution in [1.29, 1.82) is 5.26 Å². The summed E-state index contributed by atoms with van der Waals surface area (Å²) in [5.41, 5.74) is 1.08. The minimum Gasteiger partial charge on any atom is -0.298 e. The van der Waals surface area contributed by atoms with Gasteiger partial charge in [-0.1, -0.05) is 30.3 Å². The second-order valence-corrected chi connectivity index (χ2v) is 4.57. The Kier molecular flexibility index (Phi) is 3.81. The van der Waals surface area contributed by atoms with Gasteiger partial charge in [0.15, 0.2) is 5.78 Å². The summed E-state index contributed by atoms with van der Waals surface area (Å²) in [6, 6.07) is 13.8. The number of rotatable bonds is 3. The first kappa shape index (κ1) is 13.8. The van der Waals surface area contributed by atoms with Gasteiger partial charge in [-0.25, -0.2) is 0 Å². The number of nitriles is 1. The highest BCUT2D eigenvalue weighted by Crippen LogP contribution is 2.21. The van der Waals surface area contributed by atoms with Crippen LogP contribution >= 0.6 is 0 Å². The molecule has 2 aromatic rings. The first-order valence-corrected chi connectivity index (χ1v) is 6.27. The van der Waals surface area contributed by atoms with Crippen LogP contribution < -0.4 is 5.56 Å². The first-order valence-electron chi connectivity index (χ1n) is 6.27. The molecule has 1 aromatic heterocycles. The Balaban J connectivity index is 2.77. The number of Topliss-reactive ketones (excluding diaryl/α,β-unsaturated/α-hetero) is 1. The van der Waals surface area contributed by atoms with Crippen molar-refractivity contribution in [2.24, 2.45) is 0 Å². The normalized spacial score (nSPS) is 11.7. The van der Waals surface area contributed by atoms with Gasteiger partial charge in [0.1, 0.15) is 11.6 Å². The zero-order chi connectivity index (χ0) is 14.7. The minimum atomic E-state index is -0.606. The molecule has 0 fully saturated rings. The number of pyridine rings is 1. The van der Waals surface area contributed by atoms with Gasteiger partial charge >= 0.3 is 0 Å². The standard InChI is InChI=1S/C16H14N2O2/c1-11(12(2)19)18-15(13-6-4-3-5-7-13)9-8-14(10-17)16(18)20/h3-9,11H,1-2H3. The maximum absolute atomic E-state index is 12.3. The molecule has 1 unspecified atom stereocenters. The fraction of sp³-hybridized carbons (Fsp3) is 0.188. The molecule has 0 saturated carbocycles. The summed E-state index contributed by atoms with van der Waals surface area (Å²) in [5, 5.41) is 8.98. The van der Waals surface area contributed by atoms with Gasteiger partial charge < -0.3 is 0 Å². The lowest BCUT2D eigenvalue weighted by atomic mass is 10.1. The van der Waals surface area contributed by atoms with E-state index in [9.17, 15) is 9.59 Å². The predicted molar refractivity (Wildman–Crippen MR) is 76.2 cm³/mol. The zero-order valence-corrected chi connectivity index (χ0v) is 11.3. The van der Waals surface area contributed by atoms with Crippen LogP contribution in [0.5, 0.6) is 0 Å². The lowest BCUT2D eigenvalue weighted by molar-refractivity contribution is -0.119. The van der Waals surface area contributed by atoms with E-state index >= 15 is 0 Å². The van der Waals surface area contributed by atoms with Crippen molar-refractivity contribution in [3.63, 3.8) is 0 Å². The summed E-state index contributed by atoms with van der Waals surface area (Å²) in [5.74, 6) is -0.126. The van der Waals surface area contributed by atoms with E-state index in [0.29, 0.717) is 5.69 Å². The fourth-order valence-corrected chi connectivity index (χ4v) is 2.05. The highest BCUT2D eigenvalue weighted by Gasteiger charge is 2.18. The van der Waals surface area contributed by atoms with Crippen LogP contribution in [0.4, 0.5) is 0 Å². The van der Waals surface area contributed by atoms with Crippen molar-refractivity contribution in [3.05, 3.63) is 58.4 Å². The van der Waals surface area contributed by atoms with E-state index in [1.165, 1.54) is 17.6 Å². The molecule has 0 aliphatic heterocycles. The predicted octanol–water partition coefficient (Wildman–Crippen LogP) is 2.54. The smallest absolute Gasteiger partial charge is 0.269 e. The van der Waals surface area contributed by atoms with E-state index in [2.05, 4.69) is 0 Å². The third kappa shape index (κ3) is 2.39. The molecule has 0 spiro atoms. The number of aromatic nitrogens is 1. The summed E-state index contributed by atoms with van der Waals surface area (Å²) >= 11 is 0. The number of carbonyl (C=O) groups excluding carboxylic acids is 1. The average molecular weight is 266 g/mol. The molecular weight excluding hydrogens is 252 g/mol. The lowest BCUT2D eigenvalue weighted by Gasteiger charge is -2.18. The summed E-state index contributed by atoms with van der Waals surface area (Å²) in [6.07, 6.45) is 0. The number of nitrogens with zero attached hydrogens (tertiary/aromatic N) is 2. The van der Waals surface area contributed by atoms with E-state index in [-0.39, 0.29) is 11.3 Å². The van der Waals surface area contributed by atoms with Crippen molar-refractivity contribution in [3.8, 4) is 17.3 Å². The number of carbonyl (C=O) groups is 1. The van der Waals surface area contributed by atoms with E-state index in [1.807, 2.05) is 36.4 Å². The Hall–Kier alpha value is -2.67. The van der Waals surface area contributed by atoms with Crippen molar-refractivity contribution < 1.29 is 4.79 Å². The lowest BCUT2D eigenvalue weighted by Crippen LogP contribution is -2.30. The van der Waals surface area contributed by atoms with Gasteiger partial charge in [-0.3, -0.25) is 14.2 Å². The van der Waals surface area contributed by atoms with Crippen molar-refractivity contribution >= 4 is 5.78 Å². The Morgan fingerprint density at radius 1 is 1.20 bits per heavy atom. The van der Waals surface area contributed by atoms with Gasteiger partial charge in [-0.05, 0) is 31.5 Å². The van der Waals surface area contributed by atoms with Crippen LogP contribution in [0.1, 0.15) is 25.5 Å². The number of benzene rings is 1. The molecule has 0 radical (unpaired) electrons. The van der Waals surface area contributed by atoms with E-state index in [0.717, 1.165) is 5.56 Å². The summed E-state index contributed by atoms with van der Waals surface area (Å²) in [4.78, 5) is 24.0. The monoisotopic (exact) mass is 266 g/mol. The average Bonchev–Trinajstić information content (AvgIpc) is 2.47. The fourth-order valence-electron chi connectivity index (χ4n) is 2.05. The Morgan fingerprint density at radius 3 is 2.40 bits per heavy atom. The van der Waals surface area contributed by atoms with Gasteiger partial charge in [-0.15, -0.1) is 0 Å². The van der Waals surface area contributed by atoms with Gasteiger partial charge in [-0.2, -0.15) is 5.26 Å². The molecule has 2 rings (SSSR count). The molecule has 0 amide bonds. The van der Waals surface area contributed by atoms with E-state index in [1.54, 1.807) is 13.0 Å². The third-order valence-corrected chi connectivity index (χ3v) is 3.28. The molecule has 4 heteroatoms. The molecule has 1 atom stereocenters. The molecule has 100 valence electrons. The Labute approximate surface area is 116 Å². The molecule has 20 heavy (non-hydrogen) atoms. The molecule has 0 aliphatic carbocycles. The minimum absolute atomic E-state index is 0.0396. The number of hydrogen-bond acceptors (Lipinski definition) is 3. The van der Waals surface area contributed by atoms with Gasteiger partial charge in [0.25, 0.3) is 5.56 Å². The van der Waals surface area contributed by atoms with Gasteiger partial charge in [0, 0.05) is 0 Å². The Morgan fingerprint density at radius 2 is 1.85 bits per heavy atom. The summed E-state index contributed by atoms with van der Waals surface area (Å²) < 4.78 is 1.39. The molecule has 0 N–H and O–H groups in total. The Bertz CT molecular complexity index is 739. The number of hydrogen-bond donors (Lipinski definition) is 0. The van der Waals surface area contributed by atoms with Crippen LogP contribution in [-0.2, 0) is 4.79 Å². The summed E-state index contributed by atoms with van der Waals surface area (Å²) in [6.45, 7) is 3.10. The maximum Gasteiger partial charge on any atom is 0.269 e. The SMILES string of the molecule is CC(=O)C(C)n1c(-c2ccccc2)ccc(C#N)c1=O. The highest BCUT2D eigenvalue weighted by molar-refractivity contribution is 5.80. The van der Waals surface area contributed by atoms with Crippen LogP contribution in [-0.4, -0.2) is 10.4 Å². The van der Waals surface area contributed by atoms with Crippen molar-refractivity contribution in [1.82, 2.24) is 4.57 Å². The van der Waals surface area contributed by atoms with Crippen LogP contribution in [0.3, 0.4) is 0 Å². The van der Waals surface area contributed by atoms with E-state index in [4.69, 9.17) is 5.26 Å². The molecule has 4 nitrogen and oxygen atoms in total. The van der Waals surface area contributed by atoms with Gasteiger partial charge in [0.2, 0.25) is 0 Å². The maximum atomic E-state index is 12.3. The molecule has 1 aromatic carbocycles. The molecule has 0 aliphatic rings. The second-order valence-electron chi connectivity index (χ2n) is 4.57. The second kappa shape index (κ2) is 5.54. The highest BCUT2D eigenvalue weighted by atomic mass is 16.1. The topological polar surface area (TPSA) is 62.9 Å². The first-order chi connectivity index (χ1) is 9.56.